The molecule has 2 aromatic carbocycles. The van der Waals surface area contributed by atoms with E-state index in [-0.39, 0.29) is 28.4 Å². The number of benzene rings is 2. The van der Waals surface area contributed by atoms with Gasteiger partial charge in [-0.3, -0.25) is 4.79 Å². The van der Waals surface area contributed by atoms with Gasteiger partial charge in [-0.15, -0.1) is 11.3 Å². The van der Waals surface area contributed by atoms with Gasteiger partial charge in [0, 0.05) is 32.1 Å². The lowest BCUT2D eigenvalue weighted by Crippen LogP contribution is -2.29. The molecule has 0 unspecified atom stereocenters. The van der Waals surface area contributed by atoms with Gasteiger partial charge in [-0.25, -0.2) is 17.5 Å². The highest BCUT2D eigenvalue weighted by Crippen LogP contribution is 2.39. The van der Waals surface area contributed by atoms with Crippen LogP contribution in [0.5, 0.6) is 5.75 Å². The molecule has 224 valence electrons. The summed E-state index contributed by atoms with van der Waals surface area (Å²) in [5, 5.41) is 15.3. The van der Waals surface area contributed by atoms with Crippen molar-refractivity contribution in [2.75, 3.05) is 51.0 Å². The molecule has 0 atom stereocenters. The summed E-state index contributed by atoms with van der Waals surface area (Å²) in [6, 6.07) is 8.40. The number of nitrogens with one attached hydrogen (secondary N) is 3. The second kappa shape index (κ2) is 13.7. The molecule has 0 saturated heterocycles. The van der Waals surface area contributed by atoms with Crippen LogP contribution >= 0.6 is 11.3 Å². The number of carbonyl (C=O) groups is 1. The summed E-state index contributed by atoms with van der Waals surface area (Å²) in [4.78, 5) is 12.5. The van der Waals surface area contributed by atoms with Gasteiger partial charge in [-0.05, 0) is 31.1 Å². The Balaban J connectivity index is 1.93. The molecule has 3 N–H and O–H groups in total. The normalized spacial score (nSPS) is 11.5. The first kappa shape index (κ1) is 32.5. The summed E-state index contributed by atoms with van der Waals surface area (Å²) in [5.74, 6) is 3.14. The van der Waals surface area contributed by atoms with Crippen LogP contribution in [0.2, 0.25) is 0 Å². The average Bonchev–Trinajstić information content (AvgIpc) is 3.21. The fourth-order valence-electron chi connectivity index (χ4n) is 3.82. The van der Waals surface area contributed by atoms with Crippen LogP contribution in [0.15, 0.2) is 35.2 Å². The minimum absolute atomic E-state index is 0.0443. The van der Waals surface area contributed by atoms with Crippen molar-refractivity contribution in [1.82, 2.24) is 9.62 Å². The van der Waals surface area contributed by atoms with E-state index in [0.29, 0.717) is 22.3 Å². The van der Waals surface area contributed by atoms with E-state index in [1.807, 2.05) is 19.0 Å². The Morgan fingerprint density at radius 1 is 1.17 bits per heavy atom. The van der Waals surface area contributed by atoms with Gasteiger partial charge in [0.05, 0.1) is 33.9 Å². The fraction of sp³-hybridized carbons (Fsp3) is 0.333. The molecule has 0 aliphatic rings. The fourth-order valence-corrected chi connectivity index (χ4v) is 6.07. The van der Waals surface area contributed by atoms with E-state index >= 15 is 0 Å². The van der Waals surface area contributed by atoms with E-state index in [0.717, 1.165) is 36.9 Å². The lowest BCUT2D eigenvalue weighted by atomic mass is 10.1. The number of nitriles is 1. The Bertz CT molecular complexity index is 1670. The van der Waals surface area contributed by atoms with Crippen molar-refractivity contribution >= 4 is 48.7 Å². The van der Waals surface area contributed by atoms with E-state index in [4.69, 9.17) is 10.00 Å². The van der Waals surface area contributed by atoms with E-state index in [1.54, 1.807) is 29.0 Å². The molecule has 0 spiro atoms. The number of fused-ring (bicyclic) bond motifs is 1. The van der Waals surface area contributed by atoms with E-state index < -0.39 is 45.8 Å². The number of nitrogens with zero attached hydrogens (tertiary/aromatic N) is 2. The van der Waals surface area contributed by atoms with Crippen LogP contribution < -0.4 is 20.1 Å². The number of anilines is 2. The number of alkyl halides is 3. The Morgan fingerprint density at radius 2 is 1.90 bits per heavy atom. The lowest BCUT2D eigenvalue weighted by molar-refractivity contribution is -0.127. The van der Waals surface area contributed by atoms with E-state index in [2.05, 4.69) is 22.5 Å². The maximum absolute atomic E-state index is 14.7. The van der Waals surface area contributed by atoms with Crippen molar-refractivity contribution in [3.63, 3.8) is 0 Å². The number of hydrogen-bond donors (Lipinski definition) is 3. The third-order valence-corrected chi connectivity index (χ3v) is 8.18. The molecule has 3 rings (SSSR count). The van der Waals surface area contributed by atoms with Gasteiger partial charge in [-0.1, -0.05) is 24.0 Å². The van der Waals surface area contributed by atoms with Gasteiger partial charge in [0.15, 0.2) is 6.61 Å². The summed E-state index contributed by atoms with van der Waals surface area (Å²) < 4.78 is 87.3. The molecule has 3 aromatic rings. The molecule has 0 fully saturated rings. The topological polar surface area (TPSA) is 124 Å². The average molecular weight is 626 g/mol. The zero-order valence-electron chi connectivity index (χ0n) is 22.8. The molecule has 0 radical (unpaired) electrons. The number of carbonyl (C=O) groups excluding carboxylic acids is 1. The molecular formula is C27H27F4N5O4S2. The Morgan fingerprint density at radius 3 is 2.55 bits per heavy atom. The molecule has 0 bridgehead atoms. The van der Waals surface area contributed by atoms with Gasteiger partial charge in [-0.2, -0.15) is 18.4 Å². The highest BCUT2D eigenvalue weighted by Gasteiger charge is 2.31. The Hall–Kier alpha value is -4.05. The first-order chi connectivity index (χ1) is 19.7. The smallest absolute Gasteiger partial charge is 0.393 e. The van der Waals surface area contributed by atoms with Crippen molar-refractivity contribution in [3.8, 4) is 23.7 Å². The van der Waals surface area contributed by atoms with Crippen molar-refractivity contribution in [2.24, 2.45) is 0 Å². The van der Waals surface area contributed by atoms with Crippen LogP contribution in [-0.2, 0) is 21.2 Å². The summed E-state index contributed by atoms with van der Waals surface area (Å²) in [5.41, 5.74) is 0.680. The molecule has 0 saturated carbocycles. The second-order valence-electron chi connectivity index (χ2n) is 9.16. The van der Waals surface area contributed by atoms with Crippen molar-refractivity contribution in [2.45, 2.75) is 24.4 Å². The van der Waals surface area contributed by atoms with Crippen LogP contribution in [0.3, 0.4) is 0 Å². The number of likely N-dealkylation sites (N-methyl/N-ethyl adjacent to an activating group) is 1. The van der Waals surface area contributed by atoms with Crippen LogP contribution in [0.25, 0.3) is 10.1 Å². The molecule has 9 nitrogen and oxygen atoms in total. The standard InChI is InChI=1S/C27H27F4N5O4S2/c1-17(37)35-42(38,39)25-15-23(40-13-9-32)22(14-20(25)28)33-10-5-8-24-19(16-27(29,30)31)18-6-4-7-21(26(18)41-24)34-11-12-36(2)3/h4,6-7,14-15,33-34H,10-13,16H2,1-3H3,(H,35,37). The molecule has 0 aliphatic carbocycles. The van der Waals surface area contributed by atoms with Crippen LogP contribution in [0.4, 0.5) is 28.9 Å². The lowest BCUT2D eigenvalue weighted by Gasteiger charge is -2.13. The number of amides is 1. The SMILES string of the molecule is CC(=O)NS(=O)(=O)c1cc(OCC#N)c(NCC#Cc2sc3c(NCCN(C)C)cccc3c2CC(F)(F)F)cc1F. The molecule has 1 aromatic heterocycles. The molecule has 42 heavy (non-hydrogen) atoms. The first-order valence-corrected chi connectivity index (χ1v) is 14.6. The van der Waals surface area contributed by atoms with Crippen LogP contribution in [0, 0.1) is 29.0 Å². The number of halogens is 4. The number of rotatable bonds is 11. The molecule has 1 heterocycles. The molecule has 0 aliphatic heterocycles. The predicted octanol–water partition coefficient (Wildman–Crippen LogP) is 4.31. The quantitative estimate of drug-likeness (QED) is 0.213. The number of thiophene rings is 1. The van der Waals surface area contributed by atoms with Gasteiger partial charge in [0.1, 0.15) is 22.5 Å². The van der Waals surface area contributed by atoms with Gasteiger partial charge >= 0.3 is 6.18 Å². The minimum atomic E-state index is -4.55. The minimum Gasteiger partial charge on any atom is -0.477 e. The Labute approximate surface area is 244 Å². The van der Waals surface area contributed by atoms with E-state index in [9.17, 15) is 30.8 Å². The molecule has 1 amide bonds. The van der Waals surface area contributed by atoms with Crippen molar-refractivity contribution in [1.29, 1.82) is 5.26 Å². The highest BCUT2D eigenvalue weighted by molar-refractivity contribution is 7.90. The second-order valence-corrected chi connectivity index (χ2v) is 11.8. The molecular weight excluding hydrogens is 598 g/mol. The largest absolute Gasteiger partial charge is 0.477 e. The Kier molecular flexibility index (Phi) is 10.6. The maximum Gasteiger partial charge on any atom is 0.393 e. The van der Waals surface area contributed by atoms with Crippen LogP contribution in [-0.4, -0.2) is 65.7 Å². The third kappa shape index (κ3) is 8.72. The molecule has 15 heteroatoms. The van der Waals surface area contributed by atoms with Gasteiger partial charge in [0.2, 0.25) is 5.91 Å². The summed E-state index contributed by atoms with van der Waals surface area (Å²) >= 11 is 1.12. The number of hydrogen-bond acceptors (Lipinski definition) is 9. The zero-order chi connectivity index (χ0) is 31.1. The first-order valence-electron chi connectivity index (χ1n) is 12.3. The monoisotopic (exact) mass is 625 g/mol. The summed E-state index contributed by atoms with van der Waals surface area (Å²) in [7, 11) is -0.737. The van der Waals surface area contributed by atoms with Gasteiger partial charge < -0.3 is 20.3 Å². The van der Waals surface area contributed by atoms with Crippen molar-refractivity contribution < 1.29 is 35.5 Å². The van der Waals surface area contributed by atoms with Gasteiger partial charge in [0.25, 0.3) is 10.0 Å². The van der Waals surface area contributed by atoms with Crippen molar-refractivity contribution in [3.05, 3.63) is 46.6 Å². The summed E-state index contributed by atoms with van der Waals surface area (Å²) in [6.07, 6.45) is -5.64. The predicted molar refractivity (Wildman–Crippen MR) is 153 cm³/mol. The van der Waals surface area contributed by atoms with E-state index in [1.165, 1.54) is 0 Å². The summed E-state index contributed by atoms with van der Waals surface area (Å²) in [6.45, 7) is 1.56. The number of ether oxygens (including phenoxy) is 1. The zero-order valence-corrected chi connectivity index (χ0v) is 24.4. The van der Waals surface area contributed by atoms with Crippen LogP contribution in [0.1, 0.15) is 17.4 Å². The maximum atomic E-state index is 14.7. The highest BCUT2D eigenvalue weighted by atomic mass is 32.2. The third-order valence-electron chi connectivity index (χ3n) is 5.53. The number of sulfonamides is 1.